The molecule has 112 valence electrons. The Labute approximate surface area is 129 Å². The van der Waals surface area contributed by atoms with E-state index in [0.29, 0.717) is 21.5 Å². The molecule has 6 heteroatoms. The second-order valence-corrected chi connectivity index (χ2v) is 5.28. The van der Waals surface area contributed by atoms with Gasteiger partial charge in [-0.1, -0.05) is 15.9 Å². The number of ether oxygens (including phenoxy) is 2. The van der Waals surface area contributed by atoms with Crippen LogP contribution in [-0.4, -0.2) is 14.2 Å². The van der Waals surface area contributed by atoms with Gasteiger partial charge in [0.2, 0.25) is 0 Å². The molecule has 0 heterocycles. The van der Waals surface area contributed by atoms with Crippen molar-refractivity contribution in [2.45, 2.75) is 6.04 Å². The maximum Gasteiger partial charge on any atom is 0.132 e. The van der Waals surface area contributed by atoms with Crippen LogP contribution in [0.4, 0.5) is 8.78 Å². The normalized spacial score (nSPS) is 12.1. The van der Waals surface area contributed by atoms with E-state index in [0.717, 1.165) is 0 Å². The Hall–Kier alpha value is -1.66. The molecule has 0 fully saturated rings. The van der Waals surface area contributed by atoms with Crippen LogP contribution < -0.4 is 15.2 Å². The van der Waals surface area contributed by atoms with E-state index in [9.17, 15) is 8.78 Å². The smallest absolute Gasteiger partial charge is 0.132 e. The number of methoxy groups -OCH3 is 2. The first-order chi connectivity index (χ1) is 9.97. The Morgan fingerprint density at radius 2 is 1.67 bits per heavy atom. The highest BCUT2D eigenvalue weighted by atomic mass is 79.9. The molecule has 2 aromatic carbocycles. The fraction of sp³-hybridized carbons (Fsp3) is 0.200. The summed E-state index contributed by atoms with van der Waals surface area (Å²) in [5.74, 6) is -0.456. The molecule has 0 aliphatic carbocycles. The van der Waals surface area contributed by atoms with E-state index in [1.807, 2.05) is 0 Å². The minimum atomic E-state index is -0.987. The van der Waals surface area contributed by atoms with Crippen LogP contribution in [0, 0.1) is 11.6 Å². The Morgan fingerprint density at radius 3 is 2.19 bits per heavy atom. The van der Waals surface area contributed by atoms with Crippen molar-refractivity contribution in [2.75, 3.05) is 14.2 Å². The van der Waals surface area contributed by atoms with Crippen LogP contribution in [0.1, 0.15) is 17.2 Å². The summed E-state index contributed by atoms with van der Waals surface area (Å²) in [7, 11) is 2.97. The summed E-state index contributed by atoms with van der Waals surface area (Å²) in [6.45, 7) is 0. The first kappa shape index (κ1) is 15.7. The maximum absolute atomic E-state index is 14.0. The fourth-order valence-corrected chi connectivity index (χ4v) is 2.48. The van der Waals surface area contributed by atoms with E-state index >= 15 is 0 Å². The fourth-order valence-electron chi connectivity index (χ4n) is 2.08. The standard InChI is InChI=1S/C15H14BrF2NO2/c1-20-9-3-4-10(13(7-9)21-2)15(19)14-11(17)5-8(16)6-12(14)18/h3-7,15H,19H2,1-2H3. The van der Waals surface area contributed by atoms with Crippen LogP contribution in [0.5, 0.6) is 11.5 Å². The van der Waals surface area contributed by atoms with Gasteiger partial charge in [-0.15, -0.1) is 0 Å². The molecule has 0 saturated heterocycles. The molecule has 1 atom stereocenters. The zero-order valence-corrected chi connectivity index (χ0v) is 13.1. The molecule has 0 amide bonds. The summed E-state index contributed by atoms with van der Waals surface area (Å²) >= 11 is 3.04. The SMILES string of the molecule is COc1ccc(C(N)c2c(F)cc(Br)cc2F)c(OC)c1. The van der Waals surface area contributed by atoms with Crippen LogP contribution in [-0.2, 0) is 0 Å². The Bertz CT molecular complexity index is 641. The zero-order chi connectivity index (χ0) is 15.6. The quantitative estimate of drug-likeness (QED) is 0.905. The van der Waals surface area contributed by atoms with Gasteiger partial charge in [-0.25, -0.2) is 8.78 Å². The summed E-state index contributed by atoms with van der Waals surface area (Å²) < 4.78 is 38.6. The molecule has 2 aromatic rings. The number of hydrogen-bond donors (Lipinski definition) is 1. The second-order valence-electron chi connectivity index (χ2n) is 4.37. The van der Waals surface area contributed by atoms with Crippen LogP contribution >= 0.6 is 15.9 Å². The molecule has 3 nitrogen and oxygen atoms in total. The number of nitrogens with two attached hydrogens (primary N) is 1. The van der Waals surface area contributed by atoms with Gasteiger partial charge >= 0.3 is 0 Å². The summed E-state index contributed by atoms with van der Waals surface area (Å²) in [4.78, 5) is 0. The van der Waals surface area contributed by atoms with E-state index < -0.39 is 17.7 Å². The number of hydrogen-bond acceptors (Lipinski definition) is 3. The lowest BCUT2D eigenvalue weighted by atomic mass is 9.97. The van der Waals surface area contributed by atoms with Gasteiger partial charge in [-0.2, -0.15) is 0 Å². The summed E-state index contributed by atoms with van der Waals surface area (Å²) in [5.41, 5.74) is 6.28. The first-order valence-corrected chi connectivity index (χ1v) is 6.89. The molecular weight excluding hydrogens is 344 g/mol. The van der Waals surface area contributed by atoms with Gasteiger partial charge in [-0.05, 0) is 24.3 Å². The van der Waals surface area contributed by atoms with Crippen LogP contribution in [0.2, 0.25) is 0 Å². The van der Waals surface area contributed by atoms with Gasteiger partial charge in [0.1, 0.15) is 23.1 Å². The first-order valence-electron chi connectivity index (χ1n) is 6.10. The van der Waals surface area contributed by atoms with E-state index in [2.05, 4.69) is 15.9 Å². The summed E-state index contributed by atoms with van der Waals surface area (Å²) in [6, 6.07) is 6.26. The van der Waals surface area contributed by atoms with Crippen LogP contribution in [0.25, 0.3) is 0 Å². The predicted octanol–water partition coefficient (Wildman–Crippen LogP) is 3.79. The summed E-state index contributed by atoms with van der Waals surface area (Å²) in [6.07, 6.45) is 0. The van der Waals surface area contributed by atoms with Crippen molar-refractivity contribution in [3.8, 4) is 11.5 Å². The van der Waals surface area contributed by atoms with E-state index in [4.69, 9.17) is 15.2 Å². The number of rotatable bonds is 4. The molecule has 0 aromatic heterocycles. The van der Waals surface area contributed by atoms with Crippen molar-refractivity contribution < 1.29 is 18.3 Å². The van der Waals surface area contributed by atoms with Gasteiger partial charge < -0.3 is 15.2 Å². The molecule has 2 N–H and O–H groups in total. The van der Waals surface area contributed by atoms with Gasteiger partial charge in [0, 0.05) is 21.7 Å². The Morgan fingerprint density at radius 1 is 1.05 bits per heavy atom. The minimum absolute atomic E-state index is 0.207. The molecule has 0 aliphatic rings. The maximum atomic E-state index is 14.0. The zero-order valence-electron chi connectivity index (χ0n) is 11.5. The number of halogens is 3. The highest BCUT2D eigenvalue weighted by Crippen LogP contribution is 2.34. The lowest BCUT2D eigenvalue weighted by Crippen LogP contribution is -2.16. The van der Waals surface area contributed by atoms with E-state index in [1.54, 1.807) is 18.2 Å². The molecule has 0 radical (unpaired) electrons. The second kappa shape index (κ2) is 6.41. The molecule has 0 aliphatic heterocycles. The molecule has 21 heavy (non-hydrogen) atoms. The minimum Gasteiger partial charge on any atom is -0.497 e. The van der Waals surface area contributed by atoms with Crippen LogP contribution in [0.3, 0.4) is 0 Å². The van der Waals surface area contributed by atoms with Crippen molar-refractivity contribution >= 4 is 15.9 Å². The van der Waals surface area contributed by atoms with Crippen molar-refractivity contribution in [2.24, 2.45) is 5.73 Å². The number of benzene rings is 2. The topological polar surface area (TPSA) is 44.5 Å². The third-order valence-corrected chi connectivity index (χ3v) is 3.59. The largest absolute Gasteiger partial charge is 0.497 e. The monoisotopic (exact) mass is 357 g/mol. The van der Waals surface area contributed by atoms with E-state index in [-0.39, 0.29) is 5.56 Å². The van der Waals surface area contributed by atoms with Gasteiger partial charge in [-0.3, -0.25) is 0 Å². The molecule has 2 rings (SSSR count). The van der Waals surface area contributed by atoms with E-state index in [1.165, 1.54) is 26.4 Å². The third-order valence-electron chi connectivity index (χ3n) is 3.13. The average Bonchev–Trinajstić information content (AvgIpc) is 2.45. The average molecular weight is 358 g/mol. The highest BCUT2D eigenvalue weighted by molar-refractivity contribution is 9.10. The lowest BCUT2D eigenvalue weighted by molar-refractivity contribution is 0.389. The lowest BCUT2D eigenvalue weighted by Gasteiger charge is -2.18. The molecule has 0 bridgehead atoms. The van der Waals surface area contributed by atoms with Crippen LogP contribution in [0.15, 0.2) is 34.8 Å². The summed E-state index contributed by atoms with van der Waals surface area (Å²) in [5, 5.41) is 0. The van der Waals surface area contributed by atoms with Gasteiger partial charge in [0.25, 0.3) is 0 Å². The van der Waals surface area contributed by atoms with Crippen molar-refractivity contribution in [3.63, 3.8) is 0 Å². The third kappa shape index (κ3) is 3.16. The Kier molecular flexibility index (Phi) is 4.80. The molecule has 0 spiro atoms. The predicted molar refractivity (Wildman–Crippen MR) is 79.6 cm³/mol. The van der Waals surface area contributed by atoms with Crippen molar-refractivity contribution in [1.29, 1.82) is 0 Å². The molecule has 1 unspecified atom stereocenters. The molecule has 0 saturated carbocycles. The Balaban J connectivity index is 2.52. The highest BCUT2D eigenvalue weighted by Gasteiger charge is 2.22. The molecular formula is C15H14BrF2NO2. The van der Waals surface area contributed by atoms with Gasteiger partial charge in [0.05, 0.1) is 20.3 Å². The van der Waals surface area contributed by atoms with Crippen molar-refractivity contribution in [1.82, 2.24) is 0 Å². The van der Waals surface area contributed by atoms with Gasteiger partial charge in [0.15, 0.2) is 0 Å². The van der Waals surface area contributed by atoms with Crippen molar-refractivity contribution in [3.05, 3.63) is 57.6 Å².